The molecule has 4 nitrogen and oxygen atoms in total. The average molecular weight is 410 g/mol. The molecule has 0 unspecified atom stereocenters. The molecule has 0 radical (unpaired) electrons. The van der Waals surface area contributed by atoms with Crippen LogP contribution < -0.4 is 4.90 Å². The Balaban J connectivity index is 1.62. The lowest BCUT2D eigenvalue weighted by Gasteiger charge is -2.38. The minimum Gasteiger partial charge on any atom is -0.343 e. The number of nitrogens with zero attached hydrogens (tertiary/aromatic N) is 2. The number of carbonyl (C=O) groups is 2. The van der Waals surface area contributed by atoms with Crippen molar-refractivity contribution in [3.05, 3.63) is 29.8 Å². The molecule has 1 aromatic carbocycles. The topological polar surface area (TPSA) is 40.6 Å². The van der Waals surface area contributed by atoms with E-state index in [4.69, 9.17) is 0 Å². The molecule has 0 saturated carbocycles. The fourth-order valence-electron chi connectivity index (χ4n) is 4.31. The fourth-order valence-corrected chi connectivity index (χ4v) is 4.31. The quantitative estimate of drug-likeness (QED) is 0.732. The van der Waals surface area contributed by atoms with Gasteiger partial charge in [0.15, 0.2) is 0 Å². The number of rotatable bonds is 3. The van der Waals surface area contributed by atoms with Gasteiger partial charge in [-0.05, 0) is 42.4 Å². The first kappa shape index (κ1) is 21.7. The van der Waals surface area contributed by atoms with Gasteiger partial charge in [-0.25, -0.2) is 0 Å². The van der Waals surface area contributed by atoms with Gasteiger partial charge in [-0.3, -0.25) is 9.59 Å². The fraction of sp³-hybridized carbons (Fsp3) is 0.636. The van der Waals surface area contributed by atoms with Gasteiger partial charge in [0, 0.05) is 31.7 Å². The number of carbonyl (C=O) groups excluding carboxylic acids is 2. The highest BCUT2D eigenvalue weighted by atomic mass is 19.4. The van der Waals surface area contributed by atoms with Crippen LogP contribution in [0.25, 0.3) is 0 Å². The minimum absolute atomic E-state index is 0.0315. The number of anilines is 1. The second-order valence-electron chi connectivity index (χ2n) is 9.56. The van der Waals surface area contributed by atoms with E-state index in [9.17, 15) is 22.8 Å². The largest absolute Gasteiger partial charge is 0.393 e. The molecule has 2 amide bonds. The maximum Gasteiger partial charge on any atom is 0.393 e. The summed E-state index contributed by atoms with van der Waals surface area (Å²) in [6.07, 6.45) is -2.71. The van der Waals surface area contributed by atoms with Crippen molar-refractivity contribution in [1.29, 1.82) is 0 Å². The summed E-state index contributed by atoms with van der Waals surface area (Å²) >= 11 is 0. The molecule has 2 aliphatic heterocycles. The molecule has 2 aliphatic rings. The molecular formula is C22H29F3N2O2. The third kappa shape index (κ3) is 5.11. The highest BCUT2D eigenvalue weighted by Crippen LogP contribution is 2.43. The normalized spacial score (nSPS) is 19.9. The van der Waals surface area contributed by atoms with Crippen molar-refractivity contribution in [3.8, 4) is 0 Å². The number of benzene rings is 1. The number of hydrogen-bond acceptors (Lipinski definition) is 2. The van der Waals surface area contributed by atoms with Crippen molar-refractivity contribution in [1.82, 2.24) is 4.90 Å². The first-order valence-electron chi connectivity index (χ1n) is 10.1. The zero-order chi connectivity index (χ0) is 21.4. The molecule has 0 bridgehead atoms. The molecule has 0 aliphatic carbocycles. The van der Waals surface area contributed by atoms with Crippen LogP contribution in [0.15, 0.2) is 24.3 Å². The van der Waals surface area contributed by atoms with Crippen molar-refractivity contribution in [2.24, 2.45) is 10.8 Å². The summed E-state index contributed by atoms with van der Waals surface area (Å²) in [6.45, 7) is 7.84. The van der Waals surface area contributed by atoms with E-state index < -0.39 is 18.0 Å². The zero-order valence-corrected chi connectivity index (χ0v) is 17.3. The second-order valence-corrected chi connectivity index (χ2v) is 9.56. The minimum atomic E-state index is -4.24. The molecule has 1 spiro atoms. The summed E-state index contributed by atoms with van der Waals surface area (Å²) in [4.78, 5) is 29.2. The number of amides is 2. The molecule has 7 heteroatoms. The van der Waals surface area contributed by atoms with Crippen LogP contribution >= 0.6 is 0 Å². The Bertz CT molecular complexity index is 758. The Morgan fingerprint density at radius 3 is 2.07 bits per heavy atom. The van der Waals surface area contributed by atoms with Gasteiger partial charge in [-0.1, -0.05) is 32.9 Å². The molecule has 1 aromatic rings. The highest BCUT2D eigenvalue weighted by Gasteiger charge is 2.49. The Morgan fingerprint density at radius 2 is 1.55 bits per heavy atom. The molecule has 0 aromatic heterocycles. The van der Waals surface area contributed by atoms with Gasteiger partial charge in [0.05, 0.1) is 11.8 Å². The lowest BCUT2D eigenvalue weighted by atomic mass is 9.77. The average Bonchev–Trinajstić information content (AvgIpc) is 2.90. The molecule has 160 valence electrons. The summed E-state index contributed by atoms with van der Waals surface area (Å²) in [7, 11) is 0. The van der Waals surface area contributed by atoms with Crippen molar-refractivity contribution < 1.29 is 22.8 Å². The van der Waals surface area contributed by atoms with Crippen LogP contribution in [-0.2, 0) is 16.0 Å². The Morgan fingerprint density at radius 1 is 1.00 bits per heavy atom. The predicted octanol–water partition coefficient (Wildman–Crippen LogP) is 4.57. The number of piperidine rings is 1. The van der Waals surface area contributed by atoms with Crippen molar-refractivity contribution in [2.75, 3.05) is 24.5 Å². The molecular weight excluding hydrogens is 381 g/mol. The Hall–Kier alpha value is -2.05. The molecule has 0 atom stereocenters. The first-order chi connectivity index (χ1) is 13.4. The Kier molecular flexibility index (Phi) is 5.71. The van der Waals surface area contributed by atoms with Crippen LogP contribution in [0.1, 0.15) is 52.0 Å². The molecule has 2 saturated heterocycles. The maximum atomic E-state index is 13.1. The van der Waals surface area contributed by atoms with Crippen molar-refractivity contribution in [2.45, 2.75) is 59.1 Å². The standard InChI is InChI=1S/C22H29F3N2O2/c1-20(2,3)15-18(28)26-11-8-21(9-12-26)10-13-27(19(21)29)17-6-4-16(5-7-17)14-22(23,24)25/h4-7H,8-15H2,1-3H3. The molecule has 29 heavy (non-hydrogen) atoms. The lowest BCUT2D eigenvalue weighted by Crippen LogP contribution is -2.47. The van der Waals surface area contributed by atoms with E-state index in [1.165, 1.54) is 12.1 Å². The van der Waals surface area contributed by atoms with Crippen LogP contribution in [0.3, 0.4) is 0 Å². The van der Waals surface area contributed by atoms with Crippen LogP contribution in [0, 0.1) is 10.8 Å². The smallest absolute Gasteiger partial charge is 0.343 e. The molecule has 3 rings (SSSR count). The van der Waals surface area contributed by atoms with Gasteiger partial charge in [0.2, 0.25) is 11.8 Å². The van der Waals surface area contributed by atoms with Crippen LogP contribution in [0.2, 0.25) is 0 Å². The zero-order valence-electron chi connectivity index (χ0n) is 17.3. The van der Waals surface area contributed by atoms with Gasteiger partial charge < -0.3 is 9.80 Å². The lowest BCUT2D eigenvalue weighted by molar-refractivity contribution is -0.139. The van der Waals surface area contributed by atoms with E-state index in [-0.39, 0.29) is 22.8 Å². The van der Waals surface area contributed by atoms with Gasteiger partial charge in [0.25, 0.3) is 0 Å². The number of alkyl halides is 3. The van der Waals surface area contributed by atoms with Gasteiger partial charge in [-0.2, -0.15) is 13.2 Å². The summed E-state index contributed by atoms with van der Waals surface area (Å²) in [6, 6.07) is 6.07. The van der Waals surface area contributed by atoms with Crippen molar-refractivity contribution >= 4 is 17.5 Å². The van der Waals surface area contributed by atoms with Gasteiger partial charge in [-0.15, -0.1) is 0 Å². The van der Waals surface area contributed by atoms with E-state index in [1.54, 1.807) is 17.0 Å². The predicted molar refractivity (Wildman–Crippen MR) is 105 cm³/mol. The van der Waals surface area contributed by atoms with Crippen LogP contribution in [0.4, 0.5) is 18.9 Å². The summed E-state index contributed by atoms with van der Waals surface area (Å²) in [5.41, 5.74) is 0.311. The van der Waals surface area contributed by atoms with E-state index in [1.807, 2.05) is 25.7 Å². The number of hydrogen-bond donors (Lipinski definition) is 0. The number of halogens is 3. The van der Waals surface area contributed by atoms with E-state index in [2.05, 4.69) is 0 Å². The van der Waals surface area contributed by atoms with Gasteiger partial charge in [0.1, 0.15) is 0 Å². The van der Waals surface area contributed by atoms with Gasteiger partial charge >= 0.3 is 6.18 Å². The Labute approximate surface area is 170 Å². The van der Waals surface area contributed by atoms with E-state index in [0.717, 1.165) is 6.42 Å². The summed E-state index contributed by atoms with van der Waals surface area (Å²) < 4.78 is 37.6. The monoisotopic (exact) mass is 410 g/mol. The van der Waals surface area contributed by atoms with Crippen LogP contribution in [0.5, 0.6) is 0 Å². The number of likely N-dealkylation sites (tertiary alicyclic amines) is 1. The third-order valence-corrected chi connectivity index (χ3v) is 5.92. The van der Waals surface area contributed by atoms with Crippen LogP contribution in [-0.4, -0.2) is 42.5 Å². The molecule has 2 fully saturated rings. The summed E-state index contributed by atoms with van der Waals surface area (Å²) in [5, 5.41) is 0. The van der Waals surface area contributed by atoms with E-state index >= 15 is 0 Å². The third-order valence-electron chi connectivity index (χ3n) is 5.92. The first-order valence-corrected chi connectivity index (χ1v) is 10.1. The molecule has 2 heterocycles. The molecule has 0 N–H and O–H groups in total. The van der Waals surface area contributed by atoms with E-state index in [0.29, 0.717) is 44.6 Å². The second kappa shape index (κ2) is 7.65. The maximum absolute atomic E-state index is 13.1. The van der Waals surface area contributed by atoms with Crippen molar-refractivity contribution in [3.63, 3.8) is 0 Å². The summed E-state index contributed by atoms with van der Waals surface area (Å²) in [5.74, 6) is 0.166. The SMILES string of the molecule is CC(C)(C)CC(=O)N1CCC2(CC1)CCN(c1ccc(CC(F)(F)F)cc1)C2=O. The highest BCUT2D eigenvalue weighted by molar-refractivity contribution is 6.00.